The first-order valence-electron chi connectivity index (χ1n) is 7.23. The van der Waals surface area contributed by atoms with Crippen LogP contribution >= 0.6 is 0 Å². The number of halogens is 3. The van der Waals surface area contributed by atoms with Gasteiger partial charge in [0.15, 0.2) is 6.10 Å². The number of aryl methyl sites for hydroxylation is 1. The second-order valence-electron chi connectivity index (χ2n) is 5.40. The Labute approximate surface area is 127 Å². The summed E-state index contributed by atoms with van der Waals surface area (Å²) in [5, 5.41) is 4.30. The molecule has 1 atom stereocenters. The minimum atomic E-state index is -4.45. The quantitative estimate of drug-likeness (QED) is 0.854. The fraction of sp³-hybridized carbons (Fsp3) is 0.714. The van der Waals surface area contributed by atoms with E-state index in [4.69, 9.17) is 4.74 Å². The monoisotopic (exact) mass is 319 g/mol. The molecule has 0 saturated carbocycles. The molecule has 1 aromatic heterocycles. The molecule has 1 aliphatic rings. The van der Waals surface area contributed by atoms with Gasteiger partial charge in [-0.25, -0.2) is 0 Å². The minimum absolute atomic E-state index is 0.0444. The number of ether oxygens (including phenoxy) is 1. The number of amides is 1. The molecule has 2 rings (SSSR count). The summed E-state index contributed by atoms with van der Waals surface area (Å²) in [4.78, 5) is 13.4. The summed E-state index contributed by atoms with van der Waals surface area (Å²) >= 11 is 0. The lowest BCUT2D eigenvalue weighted by Gasteiger charge is -2.33. The van der Waals surface area contributed by atoms with Crippen LogP contribution in [0.3, 0.4) is 0 Å². The van der Waals surface area contributed by atoms with E-state index in [2.05, 4.69) is 5.10 Å². The van der Waals surface area contributed by atoms with Crippen molar-refractivity contribution in [3.8, 4) is 0 Å². The minimum Gasteiger partial charge on any atom is -0.365 e. The van der Waals surface area contributed by atoms with Crippen LogP contribution in [0, 0.1) is 13.8 Å². The number of alkyl halides is 3. The summed E-state index contributed by atoms with van der Waals surface area (Å²) in [6.45, 7) is 5.29. The molecule has 0 spiro atoms. The second kappa shape index (κ2) is 6.28. The molecule has 0 radical (unpaired) electrons. The van der Waals surface area contributed by atoms with E-state index in [1.807, 2.05) is 20.8 Å². The maximum Gasteiger partial charge on any atom is 0.416 e. The Kier molecular flexibility index (Phi) is 4.79. The van der Waals surface area contributed by atoms with E-state index in [1.165, 1.54) is 4.90 Å². The van der Waals surface area contributed by atoms with Gasteiger partial charge in [0.1, 0.15) is 6.54 Å². The van der Waals surface area contributed by atoms with E-state index in [0.29, 0.717) is 0 Å². The highest BCUT2D eigenvalue weighted by Crippen LogP contribution is 2.25. The molecule has 0 aliphatic carbocycles. The second-order valence-corrected chi connectivity index (χ2v) is 5.40. The molecule has 1 amide bonds. The number of rotatable bonds is 3. The Morgan fingerprint density at radius 2 is 2.09 bits per heavy atom. The summed E-state index contributed by atoms with van der Waals surface area (Å²) in [5.41, 5.74) is 2.81. The molecule has 1 aliphatic heterocycles. The predicted molar refractivity (Wildman–Crippen MR) is 73.5 cm³/mol. The maximum absolute atomic E-state index is 12.7. The normalized spacial score (nSPS) is 19.5. The van der Waals surface area contributed by atoms with Crippen molar-refractivity contribution in [2.45, 2.75) is 46.0 Å². The summed E-state index contributed by atoms with van der Waals surface area (Å²) in [7, 11) is 0. The number of morpholine rings is 1. The van der Waals surface area contributed by atoms with Crippen LogP contribution in [-0.2, 0) is 22.5 Å². The van der Waals surface area contributed by atoms with E-state index >= 15 is 0 Å². The Balaban J connectivity index is 2.06. The molecule has 1 fully saturated rings. The first kappa shape index (κ1) is 16.8. The van der Waals surface area contributed by atoms with Gasteiger partial charge in [-0.3, -0.25) is 9.48 Å². The molecule has 1 saturated heterocycles. The van der Waals surface area contributed by atoms with Gasteiger partial charge in [0.05, 0.1) is 18.8 Å². The lowest BCUT2D eigenvalue weighted by molar-refractivity contribution is -0.236. The first-order valence-corrected chi connectivity index (χ1v) is 7.23. The molecule has 22 heavy (non-hydrogen) atoms. The molecule has 124 valence electrons. The average Bonchev–Trinajstić information content (AvgIpc) is 2.72. The number of nitrogens with zero attached hydrogens (tertiary/aromatic N) is 3. The lowest BCUT2D eigenvalue weighted by Crippen LogP contribution is -2.51. The van der Waals surface area contributed by atoms with E-state index in [1.54, 1.807) is 4.68 Å². The molecule has 5 nitrogen and oxygen atoms in total. The zero-order valence-corrected chi connectivity index (χ0v) is 12.9. The summed E-state index contributed by atoms with van der Waals surface area (Å²) in [5.74, 6) is -0.370. The third-order valence-corrected chi connectivity index (χ3v) is 3.95. The third kappa shape index (κ3) is 3.43. The van der Waals surface area contributed by atoms with E-state index in [0.717, 1.165) is 23.4 Å². The molecular formula is C14H20F3N3O2. The molecule has 1 aromatic rings. The van der Waals surface area contributed by atoms with E-state index in [9.17, 15) is 18.0 Å². The standard InChI is InChI=1S/C14H20F3N3O2/c1-4-11-9(2)18-20(10(11)3)8-13(21)19-5-6-22-12(7-19)14(15,16)17/h12H,4-8H2,1-3H3. The number of carbonyl (C=O) groups is 1. The molecule has 8 heteroatoms. The highest BCUT2D eigenvalue weighted by Gasteiger charge is 2.44. The van der Waals surface area contributed by atoms with Gasteiger partial charge in [-0.15, -0.1) is 0 Å². The van der Waals surface area contributed by atoms with Crippen molar-refractivity contribution in [3.63, 3.8) is 0 Å². The largest absolute Gasteiger partial charge is 0.416 e. The van der Waals surface area contributed by atoms with Gasteiger partial charge in [-0.05, 0) is 25.8 Å². The number of carbonyl (C=O) groups excluding carboxylic acids is 1. The molecule has 0 N–H and O–H groups in total. The van der Waals surface area contributed by atoms with Gasteiger partial charge in [0.2, 0.25) is 5.91 Å². The molecule has 0 aromatic carbocycles. The van der Waals surface area contributed by atoms with Crippen LogP contribution in [0.25, 0.3) is 0 Å². The smallest absolute Gasteiger partial charge is 0.365 e. The van der Waals surface area contributed by atoms with Crippen molar-refractivity contribution in [1.29, 1.82) is 0 Å². The van der Waals surface area contributed by atoms with Crippen molar-refractivity contribution < 1.29 is 22.7 Å². The zero-order valence-electron chi connectivity index (χ0n) is 12.9. The van der Waals surface area contributed by atoms with Crippen LogP contribution in [0.5, 0.6) is 0 Å². The highest BCUT2D eigenvalue weighted by molar-refractivity contribution is 5.76. The van der Waals surface area contributed by atoms with E-state index in [-0.39, 0.29) is 25.6 Å². The van der Waals surface area contributed by atoms with Crippen LogP contribution in [0.4, 0.5) is 13.2 Å². The van der Waals surface area contributed by atoms with E-state index < -0.39 is 18.8 Å². The van der Waals surface area contributed by atoms with Crippen molar-refractivity contribution >= 4 is 5.91 Å². The summed E-state index contributed by atoms with van der Waals surface area (Å²) in [6.07, 6.45) is -5.55. The summed E-state index contributed by atoms with van der Waals surface area (Å²) in [6, 6.07) is 0. The first-order chi connectivity index (χ1) is 10.2. The van der Waals surface area contributed by atoms with Gasteiger partial charge >= 0.3 is 6.18 Å². The maximum atomic E-state index is 12.7. The van der Waals surface area contributed by atoms with Crippen molar-refractivity contribution in [3.05, 3.63) is 17.0 Å². The van der Waals surface area contributed by atoms with Crippen LogP contribution in [0.15, 0.2) is 0 Å². The fourth-order valence-corrected chi connectivity index (χ4v) is 2.70. The lowest BCUT2D eigenvalue weighted by atomic mass is 10.1. The third-order valence-electron chi connectivity index (χ3n) is 3.95. The highest BCUT2D eigenvalue weighted by atomic mass is 19.4. The van der Waals surface area contributed by atoms with Gasteiger partial charge in [-0.2, -0.15) is 18.3 Å². The van der Waals surface area contributed by atoms with Crippen LogP contribution in [-0.4, -0.2) is 52.6 Å². The van der Waals surface area contributed by atoms with Crippen LogP contribution in [0.2, 0.25) is 0 Å². The fourth-order valence-electron chi connectivity index (χ4n) is 2.70. The van der Waals surface area contributed by atoms with Gasteiger partial charge in [0, 0.05) is 12.2 Å². The van der Waals surface area contributed by atoms with Gasteiger partial charge < -0.3 is 9.64 Å². The molecular weight excluding hydrogens is 299 g/mol. The Morgan fingerprint density at radius 3 is 2.64 bits per heavy atom. The van der Waals surface area contributed by atoms with Crippen LogP contribution < -0.4 is 0 Å². The van der Waals surface area contributed by atoms with Crippen molar-refractivity contribution in [2.24, 2.45) is 0 Å². The molecule has 0 bridgehead atoms. The zero-order chi connectivity index (χ0) is 16.5. The Morgan fingerprint density at radius 1 is 1.41 bits per heavy atom. The number of hydrogen-bond acceptors (Lipinski definition) is 3. The number of aromatic nitrogens is 2. The van der Waals surface area contributed by atoms with Crippen molar-refractivity contribution in [2.75, 3.05) is 19.7 Å². The number of hydrogen-bond donors (Lipinski definition) is 0. The molecule has 2 heterocycles. The Hall–Kier alpha value is -1.57. The SMILES string of the molecule is CCc1c(C)nn(CC(=O)N2CCOC(C(F)(F)F)C2)c1C. The topological polar surface area (TPSA) is 47.4 Å². The predicted octanol–water partition coefficient (Wildman–Crippen LogP) is 1.85. The Bertz CT molecular complexity index is 554. The van der Waals surface area contributed by atoms with Crippen LogP contribution in [0.1, 0.15) is 23.9 Å². The van der Waals surface area contributed by atoms with Gasteiger partial charge in [-0.1, -0.05) is 6.92 Å². The van der Waals surface area contributed by atoms with Crippen molar-refractivity contribution in [1.82, 2.24) is 14.7 Å². The van der Waals surface area contributed by atoms with Gasteiger partial charge in [0.25, 0.3) is 0 Å². The molecule has 1 unspecified atom stereocenters. The average molecular weight is 319 g/mol. The summed E-state index contributed by atoms with van der Waals surface area (Å²) < 4.78 is 44.3.